The number of aromatic nitrogens is 2. The first kappa shape index (κ1) is 23.1. The summed E-state index contributed by atoms with van der Waals surface area (Å²) in [5.74, 6) is 2.71. The lowest BCUT2D eigenvalue weighted by Crippen LogP contribution is -2.46. The van der Waals surface area contributed by atoms with Crippen molar-refractivity contribution in [2.75, 3.05) is 0 Å². The van der Waals surface area contributed by atoms with E-state index in [0.29, 0.717) is 12.2 Å². The van der Waals surface area contributed by atoms with Crippen molar-refractivity contribution >= 4 is 28.2 Å². The molecule has 9 nitrogen and oxygen atoms in total. The number of aryl methyl sites for hydroxylation is 2. The molecule has 0 bridgehead atoms. The van der Waals surface area contributed by atoms with Gasteiger partial charge in [0.05, 0.1) is 0 Å². The summed E-state index contributed by atoms with van der Waals surface area (Å²) in [7, 11) is 1.98. The van der Waals surface area contributed by atoms with Gasteiger partial charge in [-0.05, 0) is 50.5 Å². The second-order valence-electron chi connectivity index (χ2n) is 7.76. The molecule has 2 aliphatic heterocycles. The molecule has 1 saturated heterocycles. The zero-order valence-corrected chi connectivity index (χ0v) is 19.1. The number of benzene rings is 1. The molecule has 2 radical (unpaired) electrons. The van der Waals surface area contributed by atoms with Gasteiger partial charge in [-0.2, -0.15) is 4.89 Å². The van der Waals surface area contributed by atoms with Crippen molar-refractivity contribution in [1.29, 1.82) is 0 Å². The van der Waals surface area contributed by atoms with E-state index in [4.69, 9.17) is 44.8 Å². The Labute approximate surface area is 191 Å². The predicted octanol–water partition coefficient (Wildman–Crippen LogP) is 2.29. The van der Waals surface area contributed by atoms with Crippen LogP contribution in [0.25, 0.3) is 0 Å². The number of nitrogens with zero attached hydrogens (tertiary/aromatic N) is 1. The summed E-state index contributed by atoms with van der Waals surface area (Å²) in [5, 5.41) is 10.8. The van der Waals surface area contributed by atoms with Crippen LogP contribution in [0.2, 0.25) is 0 Å². The SMILES string of the molecule is [B]C(O)(O[P+]1(O)OCc2cc(C)cc(C)c2O1)C1CCC(n2cc(C#C)c(=O)[nH]c2=S)O1. The predicted molar refractivity (Wildman–Crippen MR) is 119 cm³/mol. The van der Waals surface area contributed by atoms with Crippen molar-refractivity contribution < 1.29 is 28.3 Å². The number of aliphatic hydroxyl groups is 1. The minimum Gasteiger partial charge on any atom is -0.368 e. The van der Waals surface area contributed by atoms with Crippen LogP contribution in [0.3, 0.4) is 0 Å². The van der Waals surface area contributed by atoms with Gasteiger partial charge in [0, 0.05) is 11.8 Å². The lowest BCUT2D eigenvalue weighted by molar-refractivity contribution is -0.181. The summed E-state index contributed by atoms with van der Waals surface area (Å²) in [5.41, 5.74) is -0.255. The highest BCUT2D eigenvalue weighted by Crippen LogP contribution is 2.64. The molecule has 166 valence electrons. The van der Waals surface area contributed by atoms with Crippen molar-refractivity contribution in [1.82, 2.24) is 9.55 Å². The van der Waals surface area contributed by atoms with Crippen molar-refractivity contribution in [3.63, 3.8) is 0 Å². The normalized spacial score (nSPS) is 26.6. The maximum absolute atomic E-state index is 11.8. The Kier molecular flexibility index (Phi) is 6.07. The molecular weight excluding hydrogens is 454 g/mol. The highest BCUT2D eigenvalue weighted by molar-refractivity contribution is 7.71. The largest absolute Gasteiger partial charge is 0.621 e. The number of ether oxygens (including phenoxy) is 1. The second-order valence-corrected chi connectivity index (χ2v) is 9.70. The molecule has 1 aromatic carbocycles. The molecule has 0 aliphatic carbocycles. The van der Waals surface area contributed by atoms with E-state index in [1.165, 1.54) is 10.8 Å². The third-order valence-corrected chi connectivity index (χ3v) is 6.94. The maximum atomic E-state index is 11.8. The van der Waals surface area contributed by atoms with Crippen LogP contribution in [0.5, 0.6) is 5.75 Å². The van der Waals surface area contributed by atoms with Crippen molar-refractivity contribution in [3.8, 4) is 18.1 Å². The van der Waals surface area contributed by atoms with Gasteiger partial charge in [0.1, 0.15) is 24.5 Å². The first-order valence-corrected chi connectivity index (χ1v) is 11.7. The minimum absolute atomic E-state index is 0.0355. The van der Waals surface area contributed by atoms with Gasteiger partial charge >= 0.3 is 8.17 Å². The quantitative estimate of drug-likeness (QED) is 0.203. The van der Waals surface area contributed by atoms with Gasteiger partial charge in [0.25, 0.3) is 5.56 Å². The molecule has 0 spiro atoms. The Hall–Kier alpha value is -2.03. The summed E-state index contributed by atoms with van der Waals surface area (Å²) >= 11 is 5.18. The summed E-state index contributed by atoms with van der Waals surface area (Å²) < 4.78 is 23.8. The third kappa shape index (κ3) is 4.41. The van der Waals surface area contributed by atoms with Gasteiger partial charge in [0.15, 0.2) is 24.1 Å². The van der Waals surface area contributed by atoms with E-state index in [9.17, 15) is 14.8 Å². The minimum atomic E-state index is -3.99. The molecule has 32 heavy (non-hydrogen) atoms. The topological polar surface area (TPSA) is 115 Å². The average molecular weight is 475 g/mol. The van der Waals surface area contributed by atoms with Crippen molar-refractivity contribution in [3.05, 3.63) is 55.7 Å². The summed E-state index contributed by atoms with van der Waals surface area (Å²) in [4.78, 5) is 25.1. The summed E-state index contributed by atoms with van der Waals surface area (Å²) in [6, 6.07) is 3.77. The van der Waals surface area contributed by atoms with E-state index >= 15 is 0 Å². The van der Waals surface area contributed by atoms with Gasteiger partial charge in [-0.15, -0.1) is 15.5 Å². The van der Waals surface area contributed by atoms with Crippen LogP contribution < -0.4 is 10.1 Å². The second kappa shape index (κ2) is 8.39. The van der Waals surface area contributed by atoms with Gasteiger partial charge in [0.2, 0.25) is 0 Å². The fourth-order valence-corrected chi connectivity index (χ4v) is 5.48. The molecule has 4 atom stereocenters. The molecule has 3 N–H and O–H groups in total. The number of terminal acetylenes is 1. The first-order chi connectivity index (χ1) is 15.0. The van der Waals surface area contributed by atoms with E-state index in [0.717, 1.165) is 16.7 Å². The van der Waals surface area contributed by atoms with E-state index in [-0.39, 0.29) is 23.4 Å². The summed E-state index contributed by atoms with van der Waals surface area (Å²) in [6.45, 7) is 3.81. The molecular formula is C20H21BN2O7PS+. The Balaban J connectivity index is 1.51. The van der Waals surface area contributed by atoms with Crippen LogP contribution in [0.4, 0.5) is 0 Å². The van der Waals surface area contributed by atoms with Gasteiger partial charge in [-0.25, -0.2) is 0 Å². The smallest absolute Gasteiger partial charge is 0.368 e. The lowest BCUT2D eigenvalue weighted by atomic mass is 9.88. The number of hydrogen-bond donors (Lipinski definition) is 3. The Morgan fingerprint density at radius 3 is 2.91 bits per heavy atom. The number of nitrogens with one attached hydrogen (secondary N) is 1. The number of aromatic amines is 1. The lowest BCUT2D eigenvalue weighted by Gasteiger charge is -2.32. The monoisotopic (exact) mass is 475 g/mol. The van der Waals surface area contributed by atoms with Crippen LogP contribution in [0.15, 0.2) is 23.1 Å². The molecule has 2 aromatic rings. The van der Waals surface area contributed by atoms with Crippen LogP contribution in [0, 0.1) is 31.0 Å². The molecule has 4 unspecified atom stereocenters. The molecule has 3 heterocycles. The third-order valence-electron chi connectivity index (χ3n) is 5.24. The Morgan fingerprint density at radius 2 is 2.19 bits per heavy atom. The van der Waals surface area contributed by atoms with Crippen molar-refractivity contribution in [2.24, 2.45) is 0 Å². The van der Waals surface area contributed by atoms with Gasteiger partial charge in [-0.1, -0.05) is 17.6 Å². The highest BCUT2D eigenvalue weighted by Gasteiger charge is 2.58. The molecule has 12 heteroatoms. The molecule has 4 rings (SSSR count). The molecule has 2 aliphatic rings. The van der Waals surface area contributed by atoms with Crippen molar-refractivity contribution in [2.45, 2.75) is 51.3 Å². The number of H-pyrrole nitrogens is 1. The fourth-order valence-electron chi connectivity index (χ4n) is 3.79. The number of fused-ring (bicyclic) bond motifs is 1. The Bertz CT molecular complexity index is 1220. The molecule has 0 saturated carbocycles. The zero-order chi connectivity index (χ0) is 23.3. The van der Waals surface area contributed by atoms with Gasteiger partial charge < -0.3 is 9.84 Å². The van der Waals surface area contributed by atoms with E-state index in [1.54, 1.807) is 0 Å². The number of rotatable bonds is 4. The molecule has 0 amide bonds. The first-order valence-electron chi connectivity index (χ1n) is 9.77. The van der Waals surface area contributed by atoms with Crippen LogP contribution in [-0.2, 0) is 20.4 Å². The van der Waals surface area contributed by atoms with Crippen LogP contribution >= 0.6 is 20.4 Å². The van der Waals surface area contributed by atoms with Gasteiger partial charge in [-0.3, -0.25) is 18.9 Å². The average Bonchev–Trinajstić information content (AvgIpc) is 3.19. The van der Waals surface area contributed by atoms with E-state index < -0.39 is 31.7 Å². The van der Waals surface area contributed by atoms with Crippen LogP contribution in [-0.4, -0.2) is 39.2 Å². The van der Waals surface area contributed by atoms with E-state index in [1.807, 2.05) is 26.0 Å². The maximum Gasteiger partial charge on any atom is 0.621 e. The number of hydrogen-bond acceptors (Lipinski definition) is 8. The van der Waals surface area contributed by atoms with Crippen LogP contribution in [0.1, 0.15) is 41.3 Å². The molecule has 1 aromatic heterocycles. The Morgan fingerprint density at radius 1 is 1.44 bits per heavy atom. The zero-order valence-electron chi connectivity index (χ0n) is 17.4. The fraction of sp³-hybridized carbons (Fsp3) is 0.400. The van der Waals surface area contributed by atoms with E-state index in [2.05, 4.69) is 10.9 Å². The molecule has 1 fully saturated rings. The standard InChI is InChI=1S/C20H20BN2O7PS/c1-4-13-9-23(19(32)22-18(13)24)16-6-5-15(28-16)20(21,25)30-31(26)27-10-14-8-11(2)7-12(3)17(14)29-31/h1,7-9,15-16,25-26H,5-6,10H2,2-3H3/p+1. The highest BCUT2D eigenvalue weighted by atomic mass is 32.1. The summed E-state index contributed by atoms with van der Waals surface area (Å²) in [6.07, 6.45) is 5.69.